The first-order valence-electron chi connectivity index (χ1n) is 7.43. The number of ether oxygens (including phenoxy) is 1. The van der Waals surface area contributed by atoms with Crippen LogP contribution in [0.4, 0.5) is 6.01 Å². The van der Waals surface area contributed by atoms with Gasteiger partial charge in [-0.2, -0.15) is 4.98 Å². The van der Waals surface area contributed by atoms with Crippen molar-refractivity contribution in [1.29, 1.82) is 0 Å². The van der Waals surface area contributed by atoms with E-state index in [9.17, 15) is 0 Å². The summed E-state index contributed by atoms with van der Waals surface area (Å²) in [4.78, 5) is 4.42. The van der Waals surface area contributed by atoms with Gasteiger partial charge < -0.3 is 18.9 Å². The second-order valence-corrected chi connectivity index (χ2v) is 5.38. The zero-order valence-electron chi connectivity index (χ0n) is 12.9. The van der Waals surface area contributed by atoms with Crippen LogP contribution in [0, 0.1) is 0 Å². The van der Waals surface area contributed by atoms with Crippen molar-refractivity contribution in [3.63, 3.8) is 0 Å². The smallest absolute Gasteiger partial charge is 0.296 e. The predicted octanol–water partition coefficient (Wildman–Crippen LogP) is 4.76. The fraction of sp³-hybridized carbons (Fsp3) is 0.167. The third-order valence-corrected chi connectivity index (χ3v) is 3.81. The third-order valence-electron chi connectivity index (χ3n) is 3.81. The quantitative estimate of drug-likeness (QED) is 0.589. The minimum atomic E-state index is -0.0832. The van der Waals surface area contributed by atoms with Crippen LogP contribution in [0.5, 0.6) is 5.75 Å². The number of furan rings is 1. The van der Waals surface area contributed by atoms with E-state index >= 15 is 0 Å². The number of fused-ring (bicyclic) bond motifs is 2. The van der Waals surface area contributed by atoms with E-state index in [1.807, 2.05) is 55.5 Å². The molecule has 23 heavy (non-hydrogen) atoms. The van der Waals surface area contributed by atoms with Crippen LogP contribution in [0.15, 0.2) is 57.4 Å². The normalized spacial score (nSPS) is 12.6. The minimum Gasteiger partial charge on any atom is -0.493 e. The second kappa shape index (κ2) is 5.35. The maximum atomic E-state index is 5.94. The summed E-state index contributed by atoms with van der Waals surface area (Å²) in [5.41, 5.74) is 2.33. The lowest BCUT2D eigenvalue weighted by atomic mass is 10.2. The van der Waals surface area contributed by atoms with Crippen molar-refractivity contribution in [2.24, 2.45) is 0 Å². The Kier molecular flexibility index (Phi) is 3.19. The molecule has 1 N–H and O–H groups in total. The van der Waals surface area contributed by atoms with Gasteiger partial charge in [0.2, 0.25) is 0 Å². The average Bonchev–Trinajstić information content (AvgIpc) is 3.17. The minimum absolute atomic E-state index is 0.0832. The van der Waals surface area contributed by atoms with Gasteiger partial charge in [-0.25, -0.2) is 0 Å². The maximum absolute atomic E-state index is 5.94. The molecule has 0 bridgehead atoms. The number of para-hydroxylation sites is 3. The summed E-state index contributed by atoms with van der Waals surface area (Å²) in [6, 6.07) is 15.9. The maximum Gasteiger partial charge on any atom is 0.296 e. The van der Waals surface area contributed by atoms with Gasteiger partial charge >= 0.3 is 0 Å². The molecule has 0 saturated heterocycles. The van der Waals surface area contributed by atoms with E-state index in [1.54, 1.807) is 7.11 Å². The van der Waals surface area contributed by atoms with Crippen LogP contribution in [0.1, 0.15) is 18.7 Å². The molecule has 1 atom stereocenters. The van der Waals surface area contributed by atoms with Gasteiger partial charge in [0.25, 0.3) is 6.01 Å². The lowest BCUT2D eigenvalue weighted by Gasteiger charge is -2.08. The highest BCUT2D eigenvalue weighted by Crippen LogP contribution is 2.32. The third kappa shape index (κ3) is 2.40. The van der Waals surface area contributed by atoms with E-state index in [4.69, 9.17) is 13.6 Å². The summed E-state index contributed by atoms with van der Waals surface area (Å²) in [5, 5.41) is 4.24. The van der Waals surface area contributed by atoms with Crippen molar-refractivity contribution >= 4 is 28.1 Å². The lowest BCUT2D eigenvalue weighted by molar-refractivity contribution is 0.406. The fourth-order valence-corrected chi connectivity index (χ4v) is 2.62. The molecule has 0 spiro atoms. The van der Waals surface area contributed by atoms with Crippen LogP contribution < -0.4 is 10.1 Å². The molecule has 4 rings (SSSR count). The van der Waals surface area contributed by atoms with Crippen LogP contribution >= 0.6 is 0 Å². The number of hydrogen-bond acceptors (Lipinski definition) is 5. The Hall–Kier alpha value is -2.95. The zero-order chi connectivity index (χ0) is 15.8. The first-order chi connectivity index (χ1) is 11.2. The van der Waals surface area contributed by atoms with E-state index in [0.717, 1.165) is 33.6 Å². The molecule has 0 aliphatic heterocycles. The van der Waals surface area contributed by atoms with Crippen molar-refractivity contribution in [3.8, 4) is 5.75 Å². The highest BCUT2D eigenvalue weighted by Gasteiger charge is 2.16. The van der Waals surface area contributed by atoms with E-state index < -0.39 is 0 Å². The van der Waals surface area contributed by atoms with E-state index in [2.05, 4.69) is 10.3 Å². The standard InChI is InChI=1S/C18H16N2O3/c1-11(19-18-20-13-7-3-4-8-14(13)23-18)16-10-12-6-5-9-15(21-2)17(12)22-16/h3-11H,1-2H3,(H,19,20)/t11-/m1/s1. The predicted molar refractivity (Wildman–Crippen MR) is 88.8 cm³/mol. The number of nitrogens with one attached hydrogen (secondary N) is 1. The van der Waals surface area contributed by atoms with Crippen LogP contribution in [-0.2, 0) is 0 Å². The van der Waals surface area contributed by atoms with E-state index in [1.165, 1.54) is 0 Å². The molecule has 0 fully saturated rings. The molecule has 2 aromatic heterocycles. The highest BCUT2D eigenvalue weighted by molar-refractivity contribution is 5.84. The Morgan fingerprint density at radius 2 is 1.96 bits per heavy atom. The number of benzene rings is 2. The average molecular weight is 308 g/mol. The number of aromatic nitrogens is 1. The molecule has 0 aliphatic rings. The SMILES string of the molecule is COc1cccc2cc([C@@H](C)Nc3nc4ccccc4o3)oc12. The molecular weight excluding hydrogens is 292 g/mol. The summed E-state index contributed by atoms with van der Waals surface area (Å²) >= 11 is 0. The van der Waals surface area contributed by atoms with Gasteiger partial charge in [0.1, 0.15) is 11.3 Å². The summed E-state index contributed by atoms with van der Waals surface area (Å²) in [7, 11) is 1.64. The molecule has 4 aromatic rings. The molecule has 0 aliphatic carbocycles. The van der Waals surface area contributed by atoms with Crippen LogP contribution in [0.2, 0.25) is 0 Å². The van der Waals surface area contributed by atoms with Gasteiger partial charge in [-0.05, 0) is 31.2 Å². The second-order valence-electron chi connectivity index (χ2n) is 5.38. The Balaban J connectivity index is 1.64. The van der Waals surface area contributed by atoms with Gasteiger partial charge in [0, 0.05) is 5.39 Å². The Bertz CT molecular complexity index is 938. The highest BCUT2D eigenvalue weighted by atomic mass is 16.5. The Morgan fingerprint density at radius 1 is 1.09 bits per heavy atom. The fourth-order valence-electron chi connectivity index (χ4n) is 2.62. The monoisotopic (exact) mass is 308 g/mol. The van der Waals surface area contributed by atoms with Crippen molar-refractivity contribution in [2.45, 2.75) is 13.0 Å². The Morgan fingerprint density at radius 3 is 2.78 bits per heavy atom. The topological polar surface area (TPSA) is 60.4 Å². The summed E-state index contributed by atoms with van der Waals surface area (Å²) < 4.78 is 17.0. The number of oxazole rings is 1. The van der Waals surface area contributed by atoms with Gasteiger partial charge in [0.15, 0.2) is 16.9 Å². The van der Waals surface area contributed by atoms with E-state index in [-0.39, 0.29) is 6.04 Å². The van der Waals surface area contributed by atoms with Crippen molar-refractivity contribution < 1.29 is 13.6 Å². The van der Waals surface area contributed by atoms with Crippen LogP contribution in [0.25, 0.3) is 22.1 Å². The summed E-state index contributed by atoms with van der Waals surface area (Å²) in [6.07, 6.45) is 0. The molecular formula is C18H16N2O3. The molecule has 0 saturated carbocycles. The molecule has 5 heteroatoms. The number of hydrogen-bond donors (Lipinski definition) is 1. The molecule has 5 nitrogen and oxygen atoms in total. The number of anilines is 1. The first kappa shape index (κ1) is 13.7. The molecule has 2 aromatic carbocycles. The van der Waals surface area contributed by atoms with Gasteiger partial charge in [-0.3, -0.25) is 0 Å². The molecule has 2 heterocycles. The molecule has 0 unspecified atom stereocenters. The molecule has 116 valence electrons. The summed E-state index contributed by atoms with van der Waals surface area (Å²) in [5.74, 6) is 1.52. The zero-order valence-corrected chi connectivity index (χ0v) is 12.9. The van der Waals surface area contributed by atoms with Gasteiger partial charge in [-0.1, -0.05) is 24.3 Å². The van der Waals surface area contributed by atoms with Gasteiger partial charge in [0.05, 0.1) is 13.2 Å². The molecule has 0 amide bonds. The number of rotatable bonds is 4. The van der Waals surface area contributed by atoms with Crippen molar-refractivity contribution in [1.82, 2.24) is 4.98 Å². The van der Waals surface area contributed by atoms with Crippen LogP contribution in [0.3, 0.4) is 0 Å². The van der Waals surface area contributed by atoms with E-state index in [0.29, 0.717) is 6.01 Å². The Labute approximate surface area is 132 Å². The van der Waals surface area contributed by atoms with Crippen LogP contribution in [-0.4, -0.2) is 12.1 Å². The first-order valence-corrected chi connectivity index (χ1v) is 7.43. The number of nitrogens with zero attached hydrogens (tertiary/aromatic N) is 1. The van der Waals surface area contributed by atoms with Crippen molar-refractivity contribution in [3.05, 3.63) is 54.3 Å². The largest absolute Gasteiger partial charge is 0.493 e. The number of methoxy groups -OCH3 is 1. The van der Waals surface area contributed by atoms with Crippen molar-refractivity contribution in [2.75, 3.05) is 12.4 Å². The molecule has 0 radical (unpaired) electrons. The van der Waals surface area contributed by atoms with Gasteiger partial charge in [-0.15, -0.1) is 0 Å². The lowest BCUT2D eigenvalue weighted by Crippen LogP contribution is -2.05. The summed E-state index contributed by atoms with van der Waals surface area (Å²) in [6.45, 7) is 2.00.